The summed E-state index contributed by atoms with van der Waals surface area (Å²) in [5, 5.41) is 4.67. The highest BCUT2D eigenvalue weighted by atomic mass is 32.2. The maximum absolute atomic E-state index is 4.70. The molecule has 2 atom stereocenters. The number of amidine groups is 1. The lowest BCUT2D eigenvalue weighted by Gasteiger charge is -2.20. The van der Waals surface area contributed by atoms with Crippen LogP contribution in [0.3, 0.4) is 0 Å². The summed E-state index contributed by atoms with van der Waals surface area (Å²) >= 11 is 1.86. The van der Waals surface area contributed by atoms with Crippen LogP contribution in [0.15, 0.2) is 35.3 Å². The third kappa shape index (κ3) is 4.00. The van der Waals surface area contributed by atoms with Crippen molar-refractivity contribution in [2.75, 3.05) is 12.3 Å². The van der Waals surface area contributed by atoms with Crippen LogP contribution < -0.4 is 5.32 Å². The van der Waals surface area contributed by atoms with E-state index >= 15 is 0 Å². The Kier molecular flexibility index (Phi) is 4.92. The summed E-state index contributed by atoms with van der Waals surface area (Å²) in [6.45, 7) is 7.69. The Hall–Kier alpha value is -0.960. The summed E-state index contributed by atoms with van der Waals surface area (Å²) in [6, 6.07) is 10.7. The molecule has 0 amide bonds. The van der Waals surface area contributed by atoms with E-state index in [2.05, 4.69) is 56.4 Å². The highest BCUT2D eigenvalue weighted by Gasteiger charge is 2.30. The van der Waals surface area contributed by atoms with Gasteiger partial charge in [-0.2, -0.15) is 0 Å². The van der Waals surface area contributed by atoms with Gasteiger partial charge in [-0.25, -0.2) is 0 Å². The minimum Gasteiger partial charge on any atom is -0.359 e. The van der Waals surface area contributed by atoms with Gasteiger partial charge in [0.05, 0.1) is 0 Å². The summed E-state index contributed by atoms with van der Waals surface area (Å²) in [4.78, 5) is 4.70. The highest BCUT2D eigenvalue weighted by molar-refractivity contribution is 8.14. The molecule has 104 valence electrons. The quantitative estimate of drug-likeness (QED) is 0.877. The molecule has 0 saturated carbocycles. The highest BCUT2D eigenvalue weighted by Crippen LogP contribution is 2.26. The van der Waals surface area contributed by atoms with Crippen molar-refractivity contribution >= 4 is 16.9 Å². The first-order valence-electron chi connectivity index (χ1n) is 7.13. The van der Waals surface area contributed by atoms with E-state index in [1.54, 1.807) is 0 Å². The predicted octanol–water partition coefficient (Wildman–Crippen LogP) is 4.04. The number of rotatable bonds is 5. The van der Waals surface area contributed by atoms with Crippen LogP contribution in [0.5, 0.6) is 0 Å². The molecule has 0 bridgehead atoms. The lowest BCUT2D eigenvalue weighted by Crippen LogP contribution is -2.39. The molecule has 1 aliphatic heterocycles. The van der Waals surface area contributed by atoms with Crippen molar-refractivity contribution in [3.63, 3.8) is 0 Å². The van der Waals surface area contributed by atoms with Crippen molar-refractivity contribution in [3.05, 3.63) is 35.9 Å². The van der Waals surface area contributed by atoms with E-state index < -0.39 is 0 Å². The van der Waals surface area contributed by atoms with E-state index in [9.17, 15) is 0 Å². The van der Waals surface area contributed by atoms with Crippen molar-refractivity contribution < 1.29 is 0 Å². The second-order valence-electron chi connectivity index (χ2n) is 5.62. The molecule has 2 unspecified atom stereocenters. The van der Waals surface area contributed by atoms with Crippen LogP contribution in [-0.2, 0) is 0 Å². The Morgan fingerprint density at radius 1 is 1.37 bits per heavy atom. The Balaban J connectivity index is 1.81. The van der Waals surface area contributed by atoms with Gasteiger partial charge in [-0.15, -0.1) is 0 Å². The Morgan fingerprint density at radius 3 is 2.74 bits per heavy atom. The fraction of sp³-hybridized carbons (Fsp3) is 0.562. The van der Waals surface area contributed by atoms with Crippen molar-refractivity contribution in [2.24, 2.45) is 4.99 Å². The zero-order valence-electron chi connectivity index (χ0n) is 12.1. The largest absolute Gasteiger partial charge is 0.359 e. The fourth-order valence-electron chi connectivity index (χ4n) is 2.14. The van der Waals surface area contributed by atoms with E-state index in [0.717, 1.165) is 30.3 Å². The molecule has 2 rings (SSSR count). The van der Waals surface area contributed by atoms with E-state index in [-0.39, 0.29) is 5.54 Å². The Morgan fingerprint density at radius 2 is 2.11 bits per heavy atom. The molecule has 0 spiro atoms. The Labute approximate surface area is 121 Å². The number of hydrogen-bond donors (Lipinski definition) is 1. The molecule has 1 heterocycles. The molecule has 19 heavy (non-hydrogen) atoms. The summed E-state index contributed by atoms with van der Waals surface area (Å²) in [5.41, 5.74) is 1.65. The third-order valence-corrected chi connectivity index (χ3v) is 5.19. The van der Waals surface area contributed by atoms with Crippen LogP contribution in [0.2, 0.25) is 0 Å². The molecule has 0 radical (unpaired) electrons. The van der Waals surface area contributed by atoms with Crippen LogP contribution in [0.25, 0.3) is 0 Å². The minimum absolute atomic E-state index is 0.245. The van der Waals surface area contributed by atoms with Gasteiger partial charge in [0.2, 0.25) is 0 Å². The average Bonchev–Trinajstić information content (AvgIpc) is 2.82. The second-order valence-corrected chi connectivity index (χ2v) is 6.58. The number of nitrogens with zero attached hydrogens (tertiary/aromatic N) is 1. The van der Waals surface area contributed by atoms with Crippen LogP contribution in [0.1, 0.15) is 45.1 Å². The maximum atomic E-state index is 4.70. The number of hydrogen-bond acceptors (Lipinski definition) is 2. The molecule has 1 aromatic carbocycles. The van der Waals surface area contributed by atoms with E-state index in [4.69, 9.17) is 4.99 Å². The molecular weight excluding hydrogens is 252 g/mol. The molecular formula is C16H24N2S. The zero-order chi connectivity index (χ0) is 13.7. The molecule has 1 aromatic rings. The van der Waals surface area contributed by atoms with Crippen molar-refractivity contribution in [1.82, 2.24) is 5.32 Å². The molecule has 0 aliphatic carbocycles. The molecule has 0 aromatic heterocycles. The van der Waals surface area contributed by atoms with Gasteiger partial charge in [0.15, 0.2) is 5.17 Å². The summed E-state index contributed by atoms with van der Waals surface area (Å²) < 4.78 is 0. The van der Waals surface area contributed by atoms with Crippen molar-refractivity contribution in [1.29, 1.82) is 0 Å². The first-order chi connectivity index (χ1) is 9.13. The standard InChI is InChI=1S/C16H24N2S/c1-4-16(3)12-19-15(18-16)17-11-10-13(2)14-8-6-5-7-9-14/h5-9,13H,4,10-12H2,1-3H3,(H,17,18). The van der Waals surface area contributed by atoms with Crippen LogP contribution in [0.4, 0.5) is 0 Å². The van der Waals surface area contributed by atoms with Gasteiger partial charge < -0.3 is 5.32 Å². The topological polar surface area (TPSA) is 24.4 Å². The monoisotopic (exact) mass is 276 g/mol. The lowest BCUT2D eigenvalue weighted by atomic mass is 9.98. The van der Waals surface area contributed by atoms with Gasteiger partial charge in [-0.05, 0) is 31.2 Å². The van der Waals surface area contributed by atoms with Gasteiger partial charge >= 0.3 is 0 Å². The molecule has 3 heteroatoms. The molecule has 1 saturated heterocycles. The van der Waals surface area contributed by atoms with Crippen LogP contribution in [0, 0.1) is 0 Å². The first kappa shape index (κ1) is 14.4. The van der Waals surface area contributed by atoms with Gasteiger partial charge in [0.1, 0.15) is 0 Å². The minimum atomic E-state index is 0.245. The molecule has 1 fully saturated rings. The number of thioether (sulfide) groups is 1. The third-order valence-electron chi connectivity index (χ3n) is 3.90. The average molecular weight is 276 g/mol. The normalized spacial score (nSPS) is 26.4. The maximum Gasteiger partial charge on any atom is 0.157 e. The van der Waals surface area contributed by atoms with E-state index in [1.807, 2.05) is 11.8 Å². The molecule has 1 aliphatic rings. The molecule has 2 nitrogen and oxygen atoms in total. The van der Waals surface area contributed by atoms with E-state index in [0.29, 0.717) is 5.92 Å². The number of nitrogens with one attached hydrogen (secondary N) is 1. The van der Waals surface area contributed by atoms with Gasteiger partial charge in [0, 0.05) is 17.8 Å². The Bertz CT molecular complexity index is 430. The smallest absolute Gasteiger partial charge is 0.157 e. The van der Waals surface area contributed by atoms with Gasteiger partial charge in [0.25, 0.3) is 0 Å². The number of aliphatic imine (C=N–C) groups is 1. The number of benzene rings is 1. The predicted molar refractivity (Wildman–Crippen MR) is 86.1 cm³/mol. The van der Waals surface area contributed by atoms with Gasteiger partial charge in [-0.1, -0.05) is 55.9 Å². The van der Waals surface area contributed by atoms with Crippen LogP contribution >= 0.6 is 11.8 Å². The summed E-state index contributed by atoms with van der Waals surface area (Å²) in [5.74, 6) is 1.71. The van der Waals surface area contributed by atoms with Crippen LogP contribution in [-0.4, -0.2) is 23.0 Å². The van der Waals surface area contributed by atoms with Crippen molar-refractivity contribution in [3.8, 4) is 0 Å². The lowest BCUT2D eigenvalue weighted by molar-refractivity contribution is 0.466. The first-order valence-corrected chi connectivity index (χ1v) is 8.12. The zero-order valence-corrected chi connectivity index (χ0v) is 13.0. The SMILES string of the molecule is CCC1(C)CSC(=NCCC(C)c2ccccc2)N1. The second kappa shape index (κ2) is 6.47. The summed E-state index contributed by atoms with van der Waals surface area (Å²) in [6.07, 6.45) is 2.26. The van der Waals surface area contributed by atoms with Crippen molar-refractivity contribution in [2.45, 2.75) is 45.1 Å². The fourth-order valence-corrected chi connectivity index (χ4v) is 3.37. The van der Waals surface area contributed by atoms with Gasteiger partial charge in [-0.3, -0.25) is 4.99 Å². The molecule has 1 N–H and O–H groups in total. The van der Waals surface area contributed by atoms with E-state index in [1.165, 1.54) is 5.56 Å². The summed E-state index contributed by atoms with van der Waals surface area (Å²) in [7, 11) is 0.